The quantitative estimate of drug-likeness (QED) is 0.256. The molecule has 1 aromatic carbocycles. The van der Waals surface area contributed by atoms with Crippen LogP contribution in [0, 0.1) is 23.7 Å². The van der Waals surface area contributed by atoms with Crippen molar-refractivity contribution in [2.75, 3.05) is 33.1 Å². The molecule has 3 aliphatic rings. The van der Waals surface area contributed by atoms with Crippen molar-refractivity contribution in [2.45, 2.75) is 30.0 Å². The Hall–Kier alpha value is -3.37. The zero-order valence-corrected chi connectivity index (χ0v) is 22.5. The van der Waals surface area contributed by atoms with Gasteiger partial charge in [0.15, 0.2) is 40.4 Å². The SMILES string of the molecule is CN(C)c1ccc(OS(=O)(=O)C(F)(F)F)c2c1CC1CC3[C@H](N(C)C)C(=O)C(C(N)=O)C(=O)[C@@]3(O)C(=O)C1C2=O. The van der Waals surface area contributed by atoms with Crippen LogP contribution < -0.4 is 14.8 Å². The van der Waals surface area contributed by atoms with E-state index in [0.717, 1.165) is 6.07 Å². The van der Waals surface area contributed by atoms with Crippen LogP contribution in [-0.2, 0) is 35.7 Å². The van der Waals surface area contributed by atoms with Crippen LogP contribution in [0.25, 0.3) is 0 Å². The Morgan fingerprint density at radius 2 is 1.70 bits per heavy atom. The molecule has 4 unspecified atom stereocenters. The van der Waals surface area contributed by atoms with E-state index in [1.807, 2.05) is 0 Å². The number of fused-ring (bicyclic) bond motifs is 3. The first-order chi connectivity index (χ1) is 18.3. The van der Waals surface area contributed by atoms with Gasteiger partial charge in [0.05, 0.1) is 17.5 Å². The van der Waals surface area contributed by atoms with E-state index in [4.69, 9.17) is 5.73 Å². The van der Waals surface area contributed by atoms with E-state index in [9.17, 15) is 50.7 Å². The van der Waals surface area contributed by atoms with Gasteiger partial charge in [0.1, 0.15) is 0 Å². The summed E-state index contributed by atoms with van der Waals surface area (Å²) in [5.41, 5.74) is -3.76. The minimum Gasteiger partial charge on any atom is -0.377 e. The summed E-state index contributed by atoms with van der Waals surface area (Å²) < 4.78 is 67.2. The van der Waals surface area contributed by atoms with Crippen LogP contribution in [0.5, 0.6) is 5.75 Å². The number of amides is 1. The number of anilines is 1. The van der Waals surface area contributed by atoms with E-state index < -0.39 is 91.3 Å². The predicted octanol–water partition coefficient (Wildman–Crippen LogP) is -0.544. The average Bonchev–Trinajstić information content (AvgIpc) is 2.79. The van der Waals surface area contributed by atoms with Crippen LogP contribution in [0.15, 0.2) is 12.1 Å². The first-order valence-electron chi connectivity index (χ1n) is 12.0. The number of benzene rings is 1. The molecule has 3 N–H and O–H groups in total. The van der Waals surface area contributed by atoms with Gasteiger partial charge < -0.3 is 19.9 Å². The Morgan fingerprint density at radius 1 is 1.10 bits per heavy atom. The molecule has 2 fully saturated rings. The van der Waals surface area contributed by atoms with Crippen molar-refractivity contribution in [1.82, 2.24) is 4.90 Å². The molecule has 16 heteroatoms. The molecule has 1 aromatic rings. The van der Waals surface area contributed by atoms with Crippen LogP contribution in [-0.4, -0.2) is 92.8 Å². The van der Waals surface area contributed by atoms with Crippen LogP contribution in [0.3, 0.4) is 0 Å². The summed E-state index contributed by atoms with van der Waals surface area (Å²) in [6, 6.07) is 0.792. The molecular formula is C24H26F3N3O9S. The fraction of sp³-hybridized carbons (Fsp3) is 0.542. The lowest BCUT2D eigenvalue weighted by Crippen LogP contribution is -2.74. The van der Waals surface area contributed by atoms with Gasteiger partial charge in [0.25, 0.3) is 0 Å². The normalized spacial score (nSPS) is 30.5. The van der Waals surface area contributed by atoms with Crippen molar-refractivity contribution in [1.29, 1.82) is 0 Å². The minimum absolute atomic E-state index is 0.0919. The lowest BCUT2D eigenvalue weighted by molar-refractivity contribution is -0.181. The molecule has 1 amide bonds. The van der Waals surface area contributed by atoms with Crippen molar-refractivity contribution in [3.8, 4) is 5.75 Å². The Morgan fingerprint density at radius 3 is 2.20 bits per heavy atom. The van der Waals surface area contributed by atoms with Gasteiger partial charge >= 0.3 is 15.6 Å². The molecule has 4 rings (SSSR count). The second-order valence-electron chi connectivity index (χ2n) is 10.6. The summed E-state index contributed by atoms with van der Waals surface area (Å²) in [6.45, 7) is 0. The Kier molecular flexibility index (Phi) is 6.92. The van der Waals surface area contributed by atoms with Gasteiger partial charge in [-0.05, 0) is 50.6 Å². The number of nitrogens with zero attached hydrogens (tertiary/aromatic N) is 2. The number of halogens is 3. The highest BCUT2D eigenvalue weighted by molar-refractivity contribution is 7.88. The van der Waals surface area contributed by atoms with Gasteiger partial charge in [0, 0.05) is 25.7 Å². The summed E-state index contributed by atoms with van der Waals surface area (Å²) in [7, 11) is -0.216. The van der Waals surface area contributed by atoms with E-state index >= 15 is 0 Å². The zero-order chi connectivity index (χ0) is 30.3. The third-order valence-corrected chi connectivity index (χ3v) is 8.83. The summed E-state index contributed by atoms with van der Waals surface area (Å²) in [4.78, 5) is 69.0. The third kappa shape index (κ3) is 4.11. The topological polar surface area (TPSA) is 181 Å². The molecular weight excluding hydrogens is 563 g/mol. The van der Waals surface area contributed by atoms with E-state index in [-0.39, 0.29) is 18.4 Å². The maximum Gasteiger partial charge on any atom is 0.534 e. The maximum atomic E-state index is 13.8. The molecule has 0 aromatic heterocycles. The van der Waals surface area contributed by atoms with Crippen molar-refractivity contribution >= 4 is 44.8 Å². The fourth-order valence-corrected chi connectivity index (χ4v) is 6.70. The zero-order valence-electron chi connectivity index (χ0n) is 21.7. The van der Waals surface area contributed by atoms with Crippen LogP contribution >= 0.6 is 0 Å². The van der Waals surface area contributed by atoms with Gasteiger partial charge in [-0.3, -0.25) is 28.9 Å². The molecule has 0 saturated heterocycles. The highest BCUT2D eigenvalue weighted by atomic mass is 32.2. The highest BCUT2D eigenvalue weighted by Crippen LogP contribution is 2.52. The summed E-state index contributed by atoms with van der Waals surface area (Å²) in [5.74, 6) is -13.6. The maximum absolute atomic E-state index is 13.8. The first-order valence-corrected chi connectivity index (χ1v) is 13.4. The molecule has 3 aliphatic carbocycles. The summed E-state index contributed by atoms with van der Waals surface area (Å²) in [5, 5.41) is 11.6. The van der Waals surface area contributed by atoms with Crippen LogP contribution in [0.2, 0.25) is 0 Å². The minimum atomic E-state index is -6.21. The molecule has 6 atom stereocenters. The molecule has 0 radical (unpaired) electrons. The van der Waals surface area contributed by atoms with Crippen molar-refractivity contribution in [3.05, 3.63) is 23.3 Å². The Balaban J connectivity index is 1.91. The Bertz CT molecular complexity index is 1460. The molecule has 2 saturated carbocycles. The number of carbonyl (C=O) groups excluding carboxylic acids is 5. The number of ketones is 4. The molecule has 0 aliphatic heterocycles. The summed E-state index contributed by atoms with van der Waals surface area (Å²) >= 11 is 0. The number of hydrogen-bond acceptors (Lipinski definition) is 11. The van der Waals surface area contributed by atoms with Gasteiger partial charge in [-0.2, -0.15) is 21.6 Å². The smallest absolute Gasteiger partial charge is 0.377 e. The van der Waals surface area contributed by atoms with Gasteiger partial charge in [-0.25, -0.2) is 0 Å². The van der Waals surface area contributed by atoms with Crippen molar-refractivity contribution < 1.29 is 54.9 Å². The average molecular weight is 590 g/mol. The third-order valence-electron chi connectivity index (χ3n) is 7.87. The molecule has 0 spiro atoms. The molecule has 218 valence electrons. The van der Waals surface area contributed by atoms with Crippen molar-refractivity contribution in [2.24, 2.45) is 29.4 Å². The number of Topliss-reactive ketones (excluding diaryl/α,β-unsaturated/α-hetero) is 4. The fourth-order valence-electron chi connectivity index (χ4n) is 6.23. The second-order valence-corrected chi connectivity index (χ2v) is 12.1. The number of rotatable bonds is 5. The molecule has 0 heterocycles. The standard InChI is InChI=1S/C24H26F3N3O9S/c1-29(2)12-5-6-13(39-40(37,38)24(25,26)27)15-10(12)7-9-8-11-17(30(3)4)19(32)16(22(28)35)21(34)23(11,36)20(33)14(9)18(15)31/h5-6,9,11,14,16-17,36H,7-8H2,1-4H3,(H2,28,35)/t9?,11?,14?,16?,17-,23-/m0/s1. The molecule has 40 heavy (non-hydrogen) atoms. The number of aliphatic hydroxyl groups is 1. The van der Waals surface area contributed by atoms with Crippen LogP contribution in [0.4, 0.5) is 18.9 Å². The largest absolute Gasteiger partial charge is 0.534 e. The van der Waals surface area contributed by atoms with E-state index in [1.54, 1.807) is 14.1 Å². The second kappa shape index (κ2) is 9.34. The predicted molar refractivity (Wildman–Crippen MR) is 130 cm³/mol. The van der Waals surface area contributed by atoms with Gasteiger partial charge in [-0.15, -0.1) is 0 Å². The van der Waals surface area contributed by atoms with E-state index in [1.165, 1.54) is 30.0 Å². The van der Waals surface area contributed by atoms with E-state index in [2.05, 4.69) is 4.18 Å². The number of alkyl halides is 3. The number of carbonyl (C=O) groups is 5. The van der Waals surface area contributed by atoms with E-state index in [0.29, 0.717) is 5.69 Å². The van der Waals surface area contributed by atoms with Crippen LogP contribution in [0.1, 0.15) is 22.3 Å². The molecule has 0 bridgehead atoms. The first kappa shape index (κ1) is 29.6. The lowest BCUT2D eigenvalue weighted by Gasteiger charge is -2.52. The number of likely N-dealkylation sites (N-methyl/N-ethyl adjacent to an activating group) is 1. The number of primary amides is 1. The summed E-state index contributed by atoms with van der Waals surface area (Å²) in [6.07, 6.45) is -0.398. The van der Waals surface area contributed by atoms with Gasteiger partial charge in [0.2, 0.25) is 5.91 Å². The monoisotopic (exact) mass is 589 g/mol. The molecule has 12 nitrogen and oxygen atoms in total. The van der Waals surface area contributed by atoms with Gasteiger partial charge in [-0.1, -0.05) is 0 Å². The highest BCUT2D eigenvalue weighted by Gasteiger charge is 2.69. The lowest BCUT2D eigenvalue weighted by atomic mass is 9.52. The number of nitrogens with two attached hydrogens (primary N) is 1. The Labute approximate surface area is 226 Å². The number of hydrogen-bond donors (Lipinski definition) is 2. The van der Waals surface area contributed by atoms with Crippen molar-refractivity contribution in [3.63, 3.8) is 0 Å².